The van der Waals surface area contributed by atoms with Crippen molar-refractivity contribution in [1.29, 1.82) is 0 Å². The van der Waals surface area contributed by atoms with E-state index in [2.05, 4.69) is 20.3 Å². The Morgan fingerprint density at radius 2 is 1.87 bits per heavy atom. The Morgan fingerprint density at radius 1 is 1.10 bits per heavy atom. The number of rotatable bonds is 5. The number of pyridine rings is 2. The molecule has 4 aromatic rings. The maximum atomic E-state index is 12.6. The molecule has 0 atom stereocenters. The lowest BCUT2D eigenvalue weighted by atomic mass is 9.85. The second kappa shape index (κ2) is 7.81. The maximum absolute atomic E-state index is 12.6. The van der Waals surface area contributed by atoms with Gasteiger partial charge in [-0.15, -0.1) is 0 Å². The molecular weight excluding hydrogens is 398 g/mol. The number of carbonyl (C=O) groups excluding carboxylic acids is 1. The third-order valence-electron chi connectivity index (χ3n) is 4.88. The fourth-order valence-electron chi connectivity index (χ4n) is 2.92. The highest BCUT2D eigenvalue weighted by Gasteiger charge is 2.20. The highest BCUT2D eigenvalue weighted by atomic mass is 32.1. The minimum atomic E-state index is -0.356. The second-order valence-corrected chi connectivity index (χ2v) is 8.56. The van der Waals surface area contributed by atoms with Crippen LogP contribution in [0.15, 0.2) is 54.7 Å². The predicted octanol–water partition coefficient (Wildman–Crippen LogP) is 3.86. The van der Waals surface area contributed by atoms with E-state index in [9.17, 15) is 9.90 Å². The summed E-state index contributed by atoms with van der Waals surface area (Å²) >= 11 is 1.31. The van der Waals surface area contributed by atoms with E-state index in [1.54, 1.807) is 24.4 Å². The summed E-state index contributed by atoms with van der Waals surface area (Å²) in [7, 11) is 0. The lowest BCUT2D eigenvalue weighted by Crippen LogP contribution is -2.22. The van der Waals surface area contributed by atoms with Crippen LogP contribution in [0.2, 0.25) is 0 Å². The van der Waals surface area contributed by atoms with Crippen LogP contribution in [0, 0.1) is 0 Å². The van der Waals surface area contributed by atoms with Crippen LogP contribution in [0.4, 0.5) is 10.9 Å². The first-order valence-corrected chi connectivity index (χ1v) is 10.2. The van der Waals surface area contributed by atoms with Crippen molar-refractivity contribution in [2.45, 2.75) is 19.3 Å². The molecule has 3 aromatic heterocycles. The number of aromatic nitrogens is 3. The van der Waals surface area contributed by atoms with E-state index in [0.29, 0.717) is 22.0 Å². The molecule has 0 aliphatic rings. The second-order valence-electron chi connectivity index (χ2n) is 7.58. The summed E-state index contributed by atoms with van der Waals surface area (Å²) in [5.74, 6) is 0.209. The van der Waals surface area contributed by atoms with Crippen LogP contribution in [-0.2, 0) is 5.41 Å². The van der Waals surface area contributed by atoms with Gasteiger partial charge >= 0.3 is 0 Å². The molecule has 4 rings (SSSR count). The molecule has 0 saturated carbocycles. The highest BCUT2D eigenvalue weighted by molar-refractivity contribution is 7.22. The number of benzene rings is 1. The molecule has 1 aromatic carbocycles. The van der Waals surface area contributed by atoms with Crippen LogP contribution in [0.5, 0.6) is 0 Å². The van der Waals surface area contributed by atoms with Crippen LogP contribution >= 0.6 is 11.3 Å². The Bertz CT molecular complexity index is 1200. The Labute approximate surface area is 177 Å². The van der Waals surface area contributed by atoms with E-state index < -0.39 is 0 Å². The summed E-state index contributed by atoms with van der Waals surface area (Å²) in [6.45, 7) is 3.93. The fourth-order valence-corrected chi connectivity index (χ4v) is 3.75. The summed E-state index contributed by atoms with van der Waals surface area (Å²) in [4.78, 5) is 26.5. The molecule has 4 N–H and O–H groups in total. The highest BCUT2D eigenvalue weighted by Crippen LogP contribution is 2.28. The number of nitrogens with zero attached hydrogens (tertiary/aromatic N) is 3. The summed E-state index contributed by atoms with van der Waals surface area (Å²) in [5, 5.41) is 12.8. The van der Waals surface area contributed by atoms with Crippen LogP contribution in [0.25, 0.3) is 21.6 Å². The Hall–Kier alpha value is -3.36. The maximum Gasteiger partial charge on any atom is 0.257 e. The van der Waals surface area contributed by atoms with Gasteiger partial charge in [-0.3, -0.25) is 10.1 Å². The van der Waals surface area contributed by atoms with Gasteiger partial charge in [0.1, 0.15) is 16.2 Å². The summed E-state index contributed by atoms with van der Waals surface area (Å²) in [6.07, 6.45) is 1.68. The molecule has 0 unspecified atom stereocenters. The van der Waals surface area contributed by atoms with Gasteiger partial charge in [-0.25, -0.2) is 15.0 Å². The number of thiazole rings is 1. The van der Waals surface area contributed by atoms with Crippen LogP contribution < -0.4 is 11.1 Å². The summed E-state index contributed by atoms with van der Waals surface area (Å²) in [5.41, 5.74) is 9.10. The largest absolute Gasteiger partial charge is 0.395 e. The van der Waals surface area contributed by atoms with Gasteiger partial charge in [0.25, 0.3) is 5.91 Å². The molecular formula is C22H21N5O2S. The van der Waals surface area contributed by atoms with E-state index in [0.717, 1.165) is 21.7 Å². The Kier molecular flexibility index (Phi) is 5.19. The first-order chi connectivity index (χ1) is 14.4. The summed E-state index contributed by atoms with van der Waals surface area (Å²) in [6, 6.07) is 14.5. The number of nitrogens with one attached hydrogen (secondary N) is 1. The number of carbonyl (C=O) groups is 1. The van der Waals surface area contributed by atoms with Gasteiger partial charge in [-0.1, -0.05) is 37.3 Å². The third kappa shape index (κ3) is 4.00. The van der Waals surface area contributed by atoms with Crippen molar-refractivity contribution in [2.24, 2.45) is 0 Å². The molecule has 0 fully saturated rings. The van der Waals surface area contributed by atoms with Crippen molar-refractivity contribution in [2.75, 3.05) is 17.7 Å². The van der Waals surface area contributed by atoms with Gasteiger partial charge in [-0.2, -0.15) is 0 Å². The van der Waals surface area contributed by atoms with Crippen molar-refractivity contribution in [3.8, 4) is 11.3 Å². The molecule has 0 aliphatic carbocycles. The first-order valence-electron chi connectivity index (χ1n) is 9.38. The van der Waals surface area contributed by atoms with Crippen LogP contribution in [0.3, 0.4) is 0 Å². The number of nitrogens with two attached hydrogens (primary N) is 1. The Balaban J connectivity index is 1.53. The normalized spacial score (nSPS) is 11.6. The molecule has 0 spiro atoms. The number of fused-ring (bicyclic) bond motifs is 1. The number of anilines is 2. The van der Waals surface area contributed by atoms with E-state index in [1.165, 1.54) is 11.3 Å². The molecule has 7 nitrogen and oxygen atoms in total. The average Bonchev–Trinajstić information content (AvgIpc) is 3.15. The van der Waals surface area contributed by atoms with Crippen molar-refractivity contribution < 1.29 is 9.90 Å². The van der Waals surface area contributed by atoms with Crippen molar-refractivity contribution in [3.05, 3.63) is 65.9 Å². The molecule has 3 heterocycles. The summed E-state index contributed by atoms with van der Waals surface area (Å²) < 4.78 is 0. The minimum absolute atomic E-state index is 0.0334. The van der Waals surface area contributed by atoms with E-state index in [4.69, 9.17) is 5.73 Å². The van der Waals surface area contributed by atoms with Crippen LogP contribution in [0.1, 0.15) is 29.8 Å². The first kappa shape index (κ1) is 19.9. The van der Waals surface area contributed by atoms with Crippen molar-refractivity contribution >= 4 is 38.5 Å². The molecule has 152 valence electrons. The minimum Gasteiger partial charge on any atom is -0.395 e. The predicted molar refractivity (Wildman–Crippen MR) is 120 cm³/mol. The Morgan fingerprint density at radius 3 is 2.53 bits per heavy atom. The lowest BCUT2D eigenvalue weighted by molar-refractivity contribution is 0.102. The average molecular weight is 420 g/mol. The zero-order valence-electron chi connectivity index (χ0n) is 16.6. The van der Waals surface area contributed by atoms with Crippen molar-refractivity contribution in [1.82, 2.24) is 15.0 Å². The van der Waals surface area contributed by atoms with Gasteiger partial charge < -0.3 is 10.8 Å². The number of aliphatic hydroxyl groups is 1. The van der Waals surface area contributed by atoms with Gasteiger partial charge in [0.15, 0.2) is 5.13 Å². The smallest absolute Gasteiger partial charge is 0.257 e. The molecule has 0 saturated heterocycles. The molecule has 8 heteroatoms. The van der Waals surface area contributed by atoms with E-state index >= 15 is 0 Å². The molecule has 0 radical (unpaired) electrons. The topological polar surface area (TPSA) is 114 Å². The fraction of sp³-hybridized carbons (Fsp3) is 0.182. The van der Waals surface area contributed by atoms with E-state index in [-0.39, 0.29) is 17.9 Å². The lowest BCUT2D eigenvalue weighted by Gasteiger charge is -2.22. The van der Waals surface area contributed by atoms with Crippen molar-refractivity contribution in [3.63, 3.8) is 0 Å². The quantitative estimate of drug-likeness (QED) is 0.453. The SMILES string of the molecule is CC(C)(CO)c1ccc(C(=O)Nc2nc3ccc(-c4ccc(N)nc4)nc3s2)cc1. The number of hydrogen-bond donors (Lipinski definition) is 3. The van der Waals surface area contributed by atoms with Gasteiger partial charge in [0, 0.05) is 22.7 Å². The molecule has 0 aliphatic heterocycles. The zero-order chi connectivity index (χ0) is 21.3. The number of amides is 1. The van der Waals surface area contributed by atoms with Gasteiger partial charge in [0.2, 0.25) is 0 Å². The molecule has 1 amide bonds. The third-order valence-corrected chi connectivity index (χ3v) is 5.76. The number of nitrogen functional groups attached to an aromatic ring is 1. The number of hydrogen-bond acceptors (Lipinski definition) is 7. The van der Waals surface area contributed by atoms with Crippen LogP contribution in [-0.4, -0.2) is 32.6 Å². The number of aliphatic hydroxyl groups excluding tert-OH is 1. The monoisotopic (exact) mass is 419 g/mol. The molecule has 30 heavy (non-hydrogen) atoms. The zero-order valence-corrected chi connectivity index (χ0v) is 17.4. The van der Waals surface area contributed by atoms with Gasteiger partial charge in [-0.05, 0) is 42.0 Å². The standard InChI is InChI=1S/C22H21N5O2S/c1-22(2,12-28)15-6-3-13(4-7-15)19(29)27-21-26-17-9-8-16(25-20(17)30-21)14-5-10-18(23)24-11-14/h3-11,28H,12H2,1-2H3,(H2,23,24)(H,26,27,29). The molecule has 0 bridgehead atoms. The van der Waals surface area contributed by atoms with E-state index in [1.807, 2.05) is 44.2 Å². The van der Waals surface area contributed by atoms with Gasteiger partial charge in [0.05, 0.1) is 12.3 Å².